The summed E-state index contributed by atoms with van der Waals surface area (Å²) in [5.41, 5.74) is -0.327. The average molecular weight is 279 g/mol. The average Bonchev–Trinajstić information content (AvgIpc) is 3.10. The van der Waals surface area contributed by atoms with Gasteiger partial charge in [0.2, 0.25) is 11.7 Å². The van der Waals surface area contributed by atoms with Crippen LogP contribution in [0.15, 0.2) is 4.52 Å². The first-order valence-electron chi connectivity index (χ1n) is 7.95. The van der Waals surface area contributed by atoms with E-state index in [2.05, 4.69) is 22.4 Å². The molecule has 1 aromatic rings. The van der Waals surface area contributed by atoms with E-state index in [-0.39, 0.29) is 11.6 Å². The fraction of sp³-hybridized carbons (Fsp3) is 0.867. The van der Waals surface area contributed by atoms with E-state index in [4.69, 9.17) is 9.26 Å². The second-order valence-electron chi connectivity index (χ2n) is 6.23. The Morgan fingerprint density at radius 1 is 1.40 bits per heavy atom. The number of aromatic nitrogens is 2. The molecular formula is C15H25N3O2. The molecule has 1 N–H and O–H groups in total. The van der Waals surface area contributed by atoms with Gasteiger partial charge in [-0.3, -0.25) is 0 Å². The Bertz CT molecular complexity index is 438. The van der Waals surface area contributed by atoms with Gasteiger partial charge in [0.05, 0.1) is 6.04 Å². The van der Waals surface area contributed by atoms with Crippen LogP contribution in [0.3, 0.4) is 0 Å². The molecule has 0 spiro atoms. The van der Waals surface area contributed by atoms with Crippen molar-refractivity contribution in [3.8, 4) is 0 Å². The lowest BCUT2D eigenvalue weighted by Crippen LogP contribution is -2.36. The van der Waals surface area contributed by atoms with Gasteiger partial charge in [-0.25, -0.2) is 0 Å². The first-order valence-corrected chi connectivity index (χ1v) is 7.95. The molecule has 20 heavy (non-hydrogen) atoms. The molecule has 2 heterocycles. The van der Waals surface area contributed by atoms with Crippen molar-refractivity contribution in [1.29, 1.82) is 0 Å². The monoisotopic (exact) mass is 279 g/mol. The lowest BCUT2D eigenvalue weighted by Gasteiger charge is -2.37. The van der Waals surface area contributed by atoms with E-state index in [0.717, 1.165) is 37.5 Å². The van der Waals surface area contributed by atoms with E-state index in [0.29, 0.717) is 12.5 Å². The van der Waals surface area contributed by atoms with Crippen LogP contribution in [0, 0.1) is 5.92 Å². The van der Waals surface area contributed by atoms with Gasteiger partial charge in [0, 0.05) is 6.61 Å². The number of nitrogens with one attached hydrogen (secondary N) is 1. The molecule has 1 saturated heterocycles. The van der Waals surface area contributed by atoms with E-state index in [1.54, 1.807) is 0 Å². The zero-order valence-electron chi connectivity index (χ0n) is 12.5. The fourth-order valence-corrected chi connectivity index (χ4v) is 3.64. The van der Waals surface area contributed by atoms with E-state index >= 15 is 0 Å². The Morgan fingerprint density at radius 3 is 3.00 bits per heavy atom. The molecule has 0 radical (unpaired) electrons. The number of hydrogen-bond acceptors (Lipinski definition) is 5. The van der Waals surface area contributed by atoms with Crippen LogP contribution >= 0.6 is 0 Å². The third kappa shape index (κ3) is 2.61. The Labute approximate surface area is 120 Å². The molecular weight excluding hydrogens is 254 g/mol. The highest BCUT2D eigenvalue weighted by Gasteiger charge is 2.42. The van der Waals surface area contributed by atoms with E-state index < -0.39 is 0 Å². The zero-order valence-corrected chi connectivity index (χ0v) is 12.5. The predicted molar refractivity (Wildman–Crippen MR) is 75.2 cm³/mol. The maximum atomic E-state index is 6.10. The van der Waals surface area contributed by atoms with Crippen LogP contribution < -0.4 is 5.32 Å². The SMILES string of the molecule is CCOC1(c2noc(C3CCCN3)n2)CCCC(C)C1. The third-order valence-electron chi connectivity index (χ3n) is 4.58. The van der Waals surface area contributed by atoms with Crippen LogP contribution in [0.4, 0.5) is 0 Å². The lowest BCUT2D eigenvalue weighted by molar-refractivity contribution is -0.0891. The maximum Gasteiger partial charge on any atom is 0.243 e. The highest BCUT2D eigenvalue weighted by molar-refractivity contribution is 5.06. The molecule has 2 fully saturated rings. The van der Waals surface area contributed by atoms with Gasteiger partial charge in [-0.05, 0) is 51.5 Å². The second kappa shape index (κ2) is 5.82. The first kappa shape index (κ1) is 14.0. The van der Waals surface area contributed by atoms with Gasteiger partial charge in [-0.1, -0.05) is 18.5 Å². The fourth-order valence-electron chi connectivity index (χ4n) is 3.64. The molecule has 5 nitrogen and oxygen atoms in total. The van der Waals surface area contributed by atoms with Crippen LogP contribution in [-0.2, 0) is 10.3 Å². The third-order valence-corrected chi connectivity index (χ3v) is 4.58. The van der Waals surface area contributed by atoms with Crippen molar-refractivity contribution in [2.75, 3.05) is 13.2 Å². The van der Waals surface area contributed by atoms with Gasteiger partial charge in [-0.2, -0.15) is 4.98 Å². The number of ether oxygens (including phenoxy) is 1. The number of nitrogens with zero attached hydrogens (tertiary/aromatic N) is 2. The molecule has 112 valence electrons. The van der Waals surface area contributed by atoms with Gasteiger partial charge in [0.25, 0.3) is 0 Å². The molecule has 1 aliphatic heterocycles. The van der Waals surface area contributed by atoms with E-state index in [1.807, 2.05) is 6.92 Å². The first-order chi connectivity index (χ1) is 9.73. The quantitative estimate of drug-likeness (QED) is 0.918. The molecule has 0 bridgehead atoms. The summed E-state index contributed by atoms with van der Waals surface area (Å²) in [6.45, 7) is 6.06. The Balaban J connectivity index is 1.83. The molecule has 1 aliphatic carbocycles. The molecule has 2 aliphatic rings. The number of rotatable bonds is 4. The Kier molecular flexibility index (Phi) is 4.08. The summed E-state index contributed by atoms with van der Waals surface area (Å²) in [5, 5.41) is 7.66. The minimum Gasteiger partial charge on any atom is -0.367 e. The predicted octanol–water partition coefficient (Wildman–Crippen LogP) is 2.94. The van der Waals surface area contributed by atoms with Gasteiger partial charge in [0.15, 0.2) is 0 Å². The summed E-state index contributed by atoms with van der Waals surface area (Å²) in [6.07, 6.45) is 6.70. The van der Waals surface area contributed by atoms with Gasteiger partial charge >= 0.3 is 0 Å². The highest BCUT2D eigenvalue weighted by atomic mass is 16.5. The van der Waals surface area contributed by atoms with Crippen molar-refractivity contribution in [2.45, 2.75) is 64.0 Å². The Morgan fingerprint density at radius 2 is 2.30 bits per heavy atom. The normalized spacial score (nSPS) is 34.5. The van der Waals surface area contributed by atoms with Gasteiger partial charge < -0.3 is 14.6 Å². The maximum absolute atomic E-state index is 6.10. The summed E-state index contributed by atoms with van der Waals surface area (Å²) in [6, 6.07) is 0.232. The van der Waals surface area contributed by atoms with Crippen molar-refractivity contribution in [3.05, 3.63) is 11.7 Å². The Hall–Kier alpha value is -0.940. The molecule has 3 rings (SSSR count). The van der Waals surface area contributed by atoms with Crippen molar-refractivity contribution < 1.29 is 9.26 Å². The largest absolute Gasteiger partial charge is 0.367 e. The van der Waals surface area contributed by atoms with Crippen molar-refractivity contribution in [2.24, 2.45) is 5.92 Å². The van der Waals surface area contributed by atoms with Crippen molar-refractivity contribution in [1.82, 2.24) is 15.5 Å². The van der Waals surface area contributed by atoms with E-state index in [1.165, 1.54) is 19.3 Å². The minimum absolute atomic E-state index is 0.232. The molecule has 0 aromatic carbocycles. The summed E-state index contributed by atoms with van der Waals surface area (Å²) in [4.78, 5) is 4.68. The van der Waals surface area contributed by atoms with Crippen LogP contribution in [0.5, 0.6) is 0 Å². The smallest absolute Gasteiger partial charge is 0.243 e. The molecule has 3 atom stereocenters. The van der Waals surface area contributed by atoms with Gasteiger partial charge in [0.1, 0.15) is 5.60 Å². The standard InChI is InChI=1S/C15H25N3O2/c1-3-19-15(8-4-6-11(2)10-15)14-17-13(20-18-14)12-7-5-9-16-12/h11-12,16H,3-10H2,1-2H3. The van der Waals surface area contributed by atoms with Crippen LogP contribution in [0.2, 0.25) is 0 Å². The van der Waals surface area contributed by atoms with Crippen LogP contribution in [0.1, 0.15) is 70.1 Å². The summed E-state index contributed by atoms with van der Waals surface area (Å²) in [5.74, 6) is 2.14. The van der Waals surface area contributed by atoms with Crippen LogP contribution in [0.25, 0.3) is 0 Å². The summed E-state index contributed by atoms with van der Waals surface area (Å²) < 4.78 is 11.6. The summed E-state index contributed by atoms with van der Waals surface area (Å²) >= 11 is 0. The number of hydrogen-bond donors (Lipinski definition) is 1. The van der Waals surface area contributed by atoms with Gasteiger partial charge in [-0.15, -0.1) is 0 Å². The molecule has 5 heteroatoms. The molecule has 1 aromatic heterocycles. The minimum atomic E-state index is -0.327. The summed E-state index contributed by atoms with van der Waals surface area (Å²) in [7, 11) is 0. The molecule has 0 amide bonds. The molecule has 3 unspecified atom stereocenters. The molecule has 1 saturated carbocycles. The second-order valence-corrected chi connectivity index (χ2v) is 6.23. The van der Waals surface area contributed by atoms with Crippen LogP contribution in [-0.4, -0.2) is 23.3 Å². The van der Waals surface area contributed by atoms with Crippen molar-refractivity contribution in [3.63, 3.8) is 0 Å². The van der Waals surface area contributed by atoms with Crippen molar-refractivity contribution >= 4 is 0 Å². The topological polar surface area (TPSA) is 60.2 Å². The zero-order chi connectivity index (χ0) is 14.0. The van der Waals surface area contributed by atoms with E-state index in [9.17, 15) is 0 Å². The highest BCUT2D eigenvalue weighted by Crippen LogP contribution is 2.42. The lowest BCUT2D eigenvalue weighted by atomic mass is 9.78.